The van der Waals surface area contributed by atoms with Crippen LogP contribution in [0.3, 0.4) is 0 Å². The van der Waals surface area contributed by atoms with E-state index in [1.165, 1.54) is 34.3 Å². The van der Waals surface area contributed by atoms with Crippen molar-refractivity contribution in [1.82, 2.24) is 9.47 Å². The van der Waals surface area contributed by atoms with E-state index in [0.717, 1.165) is 4.90 Å². The molecule has 0 aliphatic carbocycles. The number of para-hydroxylation sites is 1. The molecule has 1 aromatic carbocycles. The number of nitrogens with one attached hydrogen (secondary N) is 1. The van der Waals surface area contributed by atoms with Crippen molar-refractivity contribution in [3.8, 4) is 0 Å². The van der Waals surface area contributed by atoms with Crippen molar-refractivity contribution < 1.29 is 9.59 Å². The molecule has 0 saturated heterocycles. The lowest BCUT2D eigenvalue weighted by Gasteiger charge is -2.18. The molecule has 132 valence electrons. The molecule has 0 atom stereocenters. The molecule has 8 heteroatoms. The SMILES string of the molecule is CSc1ccccc1NC(=O)CN(C)C(=O)Cn1cc(Br)ccc1=O. The van der Waals surface area contributed by atoms with Gasteiger partial charge in [0.25, 0.3) is 5.56 Å². The first-order valence-electron chi connectivity index (χ1n) is 7.43. The highest BCUT2D eigenvalue weighted by Gasteiger charge is 2.15. The van der Waals surface area contributed by atoms with Crippen LogP contribution in [0.5, 0.6) is 0 Å². The highest BCUT2D eigenvalue weighted by molar-refractivity contribution is 9.10. The van der Waals surface area contributed by atoms with Crippen LogP contribution in [-0.2, 0) is 16.1 Å². The molecule has 2 amide bonds. The molecule has 25 heavy (non-hydrogen) atoms. The first-order valence-corrected chi connectivity index (χ1v) is 9.45. The van der Waals surface area contributed by atoms with Crippen molar-refractivity contribution in [3.05, 3.63) is 57.4 Å². The van der Waals surface area contributed by atoms with Gasteiger partial charge in [-0.3, -0.25) is 14.4 Å². The number of nitrogens with zero attached hydrogens (tertiary/aromatic N) is 2. The zero-order chi connectivity index (χ0) is 18.4. The lowest BCUT2D eigenvalue weighted by molar-refractivity contribution is -0.133. The second-order valence-electron chi connectivity index (χ2n) is 5.31. The molecule has 1 N–H and O–H groups in total. The standard InChI is InChI=1S/C17H18BrN3O3S/c1-20(17(24)11-21-9-12(18)7-8-16(21)23)10-15(22)19-13-5-3-4-6-14(13)25-2/h3-9H,10-11H2,1-2H3,(H,19,22). The van der Waals surface area contributed by atoms with Gasteiger partial charge in [0.05, 0.1) is 12.2 Å². The maximum absolute atomic E-state index is 12.3. The smallest absolute Gasteiger partial charge is 0.251 e. The Morgan fingerprint density at radius 1 is 1.24 bits per heavy atom. The third-order valence-electron chi connectivity index (χ3n) is 3.44. The van der Waals surface area contributed by atoms with E-state index < -0.39 is 0 Å². The van der Waals surface area contributed by atoms with Gasteiger partial charge in [-0.25, -0.2) is 0 Å². The summed E-state index contributed by atoms with van der Waals surface area (Å²) in [5.41, 5.74) is 0.437. The molecule has 0 aliphatic rings. The number of hydrogen-bond donors (Lipinski definition) is 1. The Hall–Kier alpha value is -2.06. The maximum Gasteiger partial charge on any atom is 0.251 e. The molecular formula is C17H18BrN3O3S. The zero-order valence-corrected chi connectivity index (χ0v) is 16.3. The Morgan fingerprint density at radius 3 is 2.68 bits per heavy atom. The van der Waals surface area contributed by atoms with Gasteiger partial charge in [0, 0.05) is 28.7 Å². The second kappa shape index (κ2) is 8.87. The summed E-state index contributed by atoms with van der Waals surface area (Å²) in [5.74, 6) is -0.618. The largest absolute Gasteiger partial charge is 0.335 e. The summed E-state index contributed by atoms with van der Waals surface area (Å²) in [5, 5.41) is 2.80. The molecule has 0 aliphatic heterocycles. The average molecular weight is 424 g/mol. The Morgan fingerprint density at radius 2 is 1.96 bits per heavy atom. The number of rotatable bonds is 6. The quantitative estimate of drug-likeness (QED) is 0.724. The summed E-state index contributed by atoms with van der Waals surface area (Å²) < 4.78 is 2.00. The fraction of sp³-hybridized carbons (Fsp3) is 0.235. The number of amides is 2. The van der Waals surface area contributed by atoms with E-state index >= 15 is 0 Å². The van der Waals surface area contributed by atoms with Crippen molar-refractivity contribution >= 4 is 45.2 Å². The predicted octanol–water partition coefficient (Wildman–Crippen LogP) is 2.43. The minimum atomic E-state index is -0.325. The molecule has 2 aromatic rings. The van der Waals surface area contributed by atoms with Gasteiger partial charge in [0.15, 0.2) is 0 Å². The highest BCUT2D eigenvalue weighted by Crippen LogP contribution is 2.24. The Balaban J connectivity index is 1.97. The van der Waals surface area contributed by atoms with Gasteiger partial charge in [-0.05, 0) is 40.4 Å². The van der Waals surface area contributed by atoms with Gasteiger partial charge in [-0.15, -0.1) is 11.8 Å². The number of pyridine rings is 1. The van der Waals surface area contributed by atoms with Crippen LogP contribution in [0, 0.1) is 0 Å². The molecule has 0 fully saturated rings. The predicted molar refractivity (Wildman–Crippen MR) is 103 cm³/mol. The first kappa shape index (κ1) is 19.3. The Labute approximate surface area is 158 Å². The summed E-state index contributed by atoms with van der Waals surface area (Å²) >= 11 is 4.79. The van der Waals surface area contributed by atoms with Crippen molar-refractivity contribution in [2.24, 2.45) is 0 Å². The molecule has 0 unspecified atom stereocenters. The minimum absolute atomic E-state index is 0.0930. The van der Waals surface area contributed by atoms with Gasteiger partial charge in [0.1, 0.15) is 6.54 Å². The molecule has 1 heterocycles. The highest BCUT2D eigenvalue weighted by atomic mass is 79.9. The summed E-state index contributed by atoms with van der Waals surface area (Å²) in [7, 11) is 1.53. The summed E-state index contributed by atoms with van der Waals surface area (Å²) in [4.78, 5) is 38.4. The number of halogens is 1. The zero-order valence-electron chi connectivity index (χ0n) is 13.9. The molecule has 0 saturated carbocycles. The summed E-state index contributed by atoms with van der Waals surface area (Å²) in [6.07, 6.45) is 3.47. The van der Waals surface area contributed by atoms with Crippen molar-refractivity contribution in [2.75, 3.05) is 25.2 Å². The van der Waals surface area contributed by atoms with E-state index in [-0.39, 0.29) is 30.5 Å². The lowest BCUT2D eigenvalue weighted by atomic mass is 10.3. The number of carbonyl (C=O) groups is 2. The minimum Gasteiger partial charge on any atom is -0.335 e. The number of benzene rings is 1. The van der Waals surface area contributed by atoms with E-state index in [0.29, 0.717) is 10.2 Å². The average Bonchev–Trinajstić information content (AvgIpc) is 2.58. The molecular weight excluding hydrogens is 406 g/mol. The van der Waals surface area contributed by atoms with E-state index in [4.69, 9.17) is 0 Å². The third-order valence-corrected chi connectivity index (χ3v) is 4.71. The van der Waals surface area contributed by atoms with Gasteiger partial charge in [-0.1, -0.05) is 12.1 Å². The van der Waals surface area contributed by atoms with Crippen LogP contribution in [0.4, 0.5) is 5.69 Å². The monoisotopic (exact) mass is 423 g/mol. The van der Waals surface area contributed by atoms with Crippen molar-refractivity contribution in [3.63, 3.8) is 0 Å². The molecule has 2 rings (SSSR count). The second-order valence-corrected chi connectivity index (χ2v) is 7.08. The number of likely N-dealkylation sites (N-methyl/N-ethyl adjacent to an activating group) is 1. The number of anilines is 1. The van der Waals surface area contributed by atoms with Crippen LogP contribution in [-0.4, -0.2) is 41.1 Å². The van der Waals surface area contributed by atoms with E-state index in [9.17, 15) is 14.4 Å². The van der Waals surface area contributed by atoms with Crippen LogP contribution in [0.15, 0.2) is 56.8 Å². The number of carbonyl (C=O) groups excluding carboxylic acids is 2. The van der Waals surface area contributed by atoms with Crippen molar-refractivity contribution in [1.29, 1.82) is 0 Å². The molecule has 0 bridgehead atoms. The summed E-state index contributed by atoms with van der Waals surface area (Å²) in [6, 6.07) is 10.4. The molecule has 0 spiro atoms. The first-order chi connectivity index (χ1) is 11.9. The van der Waals surface area contributed by atoms with E-state index in [2.05, 4.69) is 21.2 Å². The van der Waals surface area contributed by atoms with Gasteiger partial charge in [-0.2, -0.15) is 0 Å². The third kappa shape index (κ3) is 5.47. The number of aromatic nitrogens is 1. The van der Waals surface area contributed by atoms with Crippen LogP contribution >= 0.6 is 27.7 Å². The van der Waals surface area contributed by atoms with Gasteiger partial charge >= 0.3 is 0 Å². The molecule has 1 aromatic heterocycles. The van der Waals surface area contributed by atoms with Crippen LogP contribution in [0.2, 0.25) is 0 Å². The van der Waals surface area contributed by atoms with Crippen LogP contribution in [0.25, 0.3) is 0 Å². The van der Waals surface area contributed by atoms with Crippen molar-refractivity contribution in [2.45, 2.75) is 11.4 Å². The van der Waals surface area contributed by atoms with Gasteiger partial charge < -0.3 is 14.8 Å². The summed E-state index contributed by atoms with van der Waals surface area (Å²) in [6.45, 7) is -0.215. The number of hydrogen-bond acceptors (Lipinski definition) is 4. The van der Waals surface area contributed by atoms with Gasteiger partial charge in [0.2, 0.25) is 11.8 Å². The lowest BCUT2D eigenvalue weighted by Crippen LogP contribution is -2.38. The number of thioether (sulfide) groups is 1. The van der Waals surface area contributed by atoms with Crippen LogP contribution in [0.1, 0.15) is 0 Å². The fourth-order valence-electron chi connectivity index (χ4n) is 2.13. The Bertz CT molecular complexity index is 838. The van der Waals surface area contributed by atoms with Crippen LogP contribution < -0.4 is 10.9 Å². The van der Waals surface area contributed by atoms with E-state index in [1.54, 1.807) is 12.3 Å². The molecule has 0 radical (unpaired) electrons. The molecule has 6 nitrogen and oxygen atoms in total. The normalized spacial score (nSPS) is 10.4. The van der Waals surface area contributed by atoms with E-state index in [1.807, 2.05) is 30.5 Å². The fourth-order valence-corrected chi connectivity index (χ4v) is 3.07. The Kier molecular flexibility index (Phi) is 6.83. The maximum atomic E-state index is 12.3. The topological polar surface area (TPSA) is 71.4 Å².